The monoisotopic (exact) mass is 219 g/mol. The molecule has 1 aliphatic heterocycles. The molecule has 2 radical (unpaired) electrons. The second kappa shape index (κ2) is 6.50. The Morgan fingerprint density at radius 2 is 2.46 bits per heavy atom. The fourth-order valence-electron chi connectivity index (χ4n) is 1.48. The summed E-state index contributed by atoms with van der Waals surface area (Å²) in [6.45, 7) is 8.53. The number of carbonyl (C=O) groups excluding carboxylic acids is 1. The number of amides is 1. The molecule has 0 bridgehead atoms. The molecule has 1 unspecified atom stereocenters. The first kappa shape index (κ1) is 13.1. The molecule has 1 aliphatic rings. The normalized spacial score (nSPS) is 22.0. The van der Waals surface area contributed by atoms with Crippen LogP contribution in [0.4, 0.5) is 0 Å². The Kier molecular flexibility index (Phi) is 6.53. The molecule has 1 saturated heterocycles. The van der Waals surface area contributed by atoms with Crippen molar-refractivity contribution in [2.45, 2.75) is 31.9 Å². The molecule has 1 amide bonds. The third kappa shape index (κ3) is 3.74. The molecule has 13 heavy (non-hydrogen) atoms. The van der Waals surface area contributed by atoms with Crippen molar-refractivity contribution in [1.29, 1.82) is 0 Å². The van der Waals surface area contributed by atoms with Crippen LogP contribution in [0.5, 0.6) is 0 Å². The molecule has 1 fully saturated rings. The van der Waals surface area contributed by atoms with Crippen LogP contribution in [-0.4, -0.2) is 24.6 Å². The van der Waals surface area contributed by atoms with Gasteiger partial charge in [0.05, 0.1) is 7.28 Å². The van der Waals surface area contributed by atoms with E-state index in [4.69, 9.17) is 0 Å². The van der Waals surface area contributed by atoms with Crippen molar-refractivity contribution in [2.24, 2.45) is 0 Å². The second-order valence-electron chi connectivity index (χ2n) is 3.13. The third-order valence-corrected chi connectivity index (χ3v) is 2.27. The van der Waals surface area contributed by atoms with Crippen molar-refractivity contribution in [3.63, 3.8) is 0 Å². The Hall–Kier alpha value is 0.0544. The first-order valence-electron chi connectivity index (χ1n) is 4.51. The summed E-state index contributed by atoms with van der Waals surface area (Å²) in [6.07, 6.45) is 2.65. The van der Waals surface area contributed by atoms with Gasteiger partial charge in [-0.25, -0.2) is 6.54 Å². The quantitative estimate of drug-likeness (QED) is 0.509. The van der Waals surface area contributed by atoms with E-state index >= 15 is 0 Å². The van der Waals surface area contributed by atoms with Crippen LogP contribution in [0.15, 0.2) is 0 Å². The van der Waals surface area contributed by atoms with Crippen LogP contribution < -0.4 is 0 Å². The van der Waals surface area contributed by atoms with Crippen LogP contribution in [0.1, 0.15) is 19.3 Å². The van der Waals surface area contributed by atoms with Crippen molar-refractivity contribution < 1.29 is 21.9 Å². The number of hydrogen-bond acceptors (Lipinski definition) is 1. The first-order chi connectivity index (χ1) is 5.77. The van der Waals surface area contributed by atoms with Crippen LogP contribution in [0.3, 0.4) is 0 Å². The molecule has 72 valence electrons. The number of piperidine rings is 1. The van der Waals surface area contributed by atoms with E-state index in [2.05, 4.69) is 14.2 Å². The smallest absolute Gasteiger partial charge is 0.495 e. The minimum atomic E-state index is 0. The number of hydrogen-bond donors (Lipinski definition) is 0. The second-order valence-corrected chi connectivity index (χ2v) is 3.13. The Balaban J connectivity index is 0.00000144. The standard InChI is InChI=1S/C9H15BNO.Mn/c1-3-9(12)11-6-4-5-8(7-11)10-2;/h7-8H,1,3-6H2,2H3;/q-2;+2. The summed E-state index contributed by atoms with van der Waals surface area (Å²) in [5.41, 5.74) is 0. The fraction of sp³-hybridized carbons (Fsp3) is 0.667. The van der Waals surface area contributed by atoms with Crippen LogP contribution in [-0.2, 0) is 21.9 Å². The van der Waals surface area contributed by atoms with Gasteiger partial charge in [0.15, 0.2) is 5.91 Å². The SMILES string of the molecule is [CH2-]CC(=O)N1[CH-]C([B]C)CCC1.[Mn+2]. The maximum atomic E-state index is 11.2. The molecular weight excluding hydrogens is 204 g/mol. The molecule has 0 aromatic rings. The summed E-state index contributed by atoms with van der Waals surface area (Å²) in [7, 11) is 2.14. The Morgan fingerprint density at radius 1 is 1.77 bits per heavy atom. The molecule has 1 heterocycles. The molecule has 0 aromatic carbocycles. The molecule has 0 N–H and O–H groups in total. The average Bonchev–Trinajstić information content (AvgIpc) is 2.17. The van der Waals surface area contributed by atoms with Gasteiger partial charge in [-0.2, -0.15) is 5.82 Å². The summed E-state index contributed by atoms with van der Waals surface area (Å²) < 4.78 is 0. The van der Waals surface area contributed by atoms with Gasteiger partial charge in [-0.05, 0) is 13.0 Å². The topological polar surface area (TPSA) is 20.3 Å². The van der Waals surface area contributed by atoms with Gasteiger partial charge in [0.2, 0.25) is 0 Å². The maximum absolute atomic E-state index is 11.2. The van der Waals surface area contributed by atoms with Gasteiger partial charge < -0.3 is 11.8 Å². The van der Waals surface area contributed by atoms with Crippen LogP contribution in [0, 0.1) is 13.5 Å². The zero-order valence-electron chi connectivity index (χ0n) is 8.00. The molecule has 2 nitrogen and oxygen atoms in total. The van der Waals surface area contributed by atoms with E-state index in [0.717, 1.165) is 13.0 Å². The Morgan fingerprint density at radius 3 is 3.00 bits per heavy atom. The van der Waals surface area contributed by atoms with Gasteiger partial charge in [0, 0.05) is 0 Å². The van der Waals surface area contributed by atoms with E-state index in [-0.39, 0.29) is 23.0 Å². The molecule has 1 atom stereocenters. The van der Waals surface area contributed by atoms with Crippen molar-refractivity contribution >= 4 is 13.2 Å². The molecule has 4 heteroatoms. The summed E-state index contributed by atoms with van der Waals surface area (Å²) in [6, 6.07) is 0. The van der Waals surface area contributed by atoms with Gasteiger partial charge in [0.25, 0.3) is 0 Å². The zero-order chi connectivity index (χ0) is 8.97. The van der Waals surface area contributed by atoms with E-state index in [1.807, 2.05) is 13.4 Å². The van der Waals surface area contributed by atoms with Gasteiger partial charge >= 0.3 is 17.1 Å². The van der Waals surface area contributed by atoms with Gasteiger partial charge in [-0.3, -0.25) is 4.79 Å². The Labute approximate surface area is 92.2 Å². The summed E-state index contributed by atoms with van der Waals surface area (Å²) in [4.78, 5) is 13.1. The van der Waals surface area contributed by atoms with Crippen LogP contribution in [0.2, 0.25) is 12.6 Å². The fourth-order valence-corrected chi connectivity index (χ4v) is 1.48. The molecule has 0 spiro atoms. The summed E-state index contributed by atoms with van der Waals surface area (Å²) in [5.74, 6) is 0.621. The molecule has 0 aliphatic carbocycles. The first-order valence-corrected chi connectivity index (χ1v) is 4.51. The minimum Gasteiger partial charge on any atom is -0.495 e. The average molecular weight is 219 g/mol. The third-order valence-electron chi connectivity index (χ3n) is 2.27. The number of nitrogens with zero attached hydrogens (tertiary/aromatic N) is 1. The van der Waals surface area contributed by atoms with Gasteiger partial charge in [-0.15, -0.1) is 6.42 Å². The summed E-state index contributed by atoms with van der Waals surface area (Å²) >= 11 is 0. The molecule has 1 rings (SSSR count). The van der Waals surface area contributed by atoms with Crippen molar-refractivity contribution in [3.05, 3.63) is 13.5 Å². The van der Waals surface area contributed by atoms with Crippen LogP contribution in [0.25, 0.3) is 0 Å². The van der Waals surface area contributed by atoms with E-state index in [1.54, 1.807) is 4.90 Å². The van der Waals surface area contributed by atoms with Crippen molar-refractivity contribution in [1.82, 2.24) is 4.90 Å². The molecule has 0 aromatic heterocycles. The predicted octanol–water partition coefficient (Wildman–Crippen LogP) is 1.53. The van der Waals surface area contributed by atoms with Crippen LogP contribution >= 0.6 is 0 Å². The van der Waals surface area contributed by atoms with Gasteiger partial charge in [0.1, 0.15) is 0 Å². The molecule has 0 saturated carbocycles. The number of likely N-dealkylation sites (tertiary alicyclic amines) is 1. The van der Waals surface area contributed by atoms with E-state index in [9.17, 15) is 4.79 Å². The molecular formula is C9H15BMnNO. The summed E-state index contributed by atoms with van der Waals surface area (Å²) in [5, 5.41) is 0. The van der Waals surface area contributed by atoms with E-state index in [1.165, 1.54) is 6.42 Å². The van der Waals surface area contributed by atoms with Crippen molar-refractivity contribution in [3.8, 4) is 0 Å². The number of rotatable bonds is 2. The zero-order valence-corrected chi connectivity index (χ0v) is 9.18. The van der Waals surface area contributed by atoms with Gasteiger partial charge in [-0.1, -0.05) is 13.2 Å². The Bertz CT molecular complexity index is 166. The maximum Gasteiger partial charge on any atom is 2.00 e. The minimum absolute atomic E-state index is 0. The van der Waals surface area contributed by atoms with Crippen molar-refractivity contribution in [2.75, 3.05) is 6.54 Å². The van der Waals surface area contributed by atoms with E-state index in [0.29, 0.717) is 12.2 Å². The van der Waals surface area contributed by atoms with E-state index < -0.39 is 0 Å². The number of carbonyl (C=O) groups is 1. The largest absolute Gasteiger partial charge is 2.00 e. The predicted molar refractivity (Wildman–Crippen MR) is 50.6 cm³/mol.